The van der Waals surface area contributed by atoms with Crippen LogP contribution in [0.3, 0.4) is 0 Å². The van der Waals surface area contributed by atoms with Gasteiger partial charge < -0.3 is 18.6 Å². The molecule has 33 heavy (non-hydrogen) atoms. The molecule has 0 bridgehead atoms. The summed E-state index contributed by atoms with van der Waals surface area (Å²) in [4.78, 5) is 13.4. The molecule has 3 aromatic carbocycles. The number of hydrogen-bond acceptors (Lipinski definition) is 5. The zero-order chi connectivity index (χ0) is 22.8. The normalized spacial score (nSPS) is 12.7. The Morgan fingerprint density at radius 1 is 1.00 bits per heavy atom. The van der Waals surface area contributed by atoms with Gasteiger partial charge in [0.05, 0.1) is 10.9 Å². The summed E-state index contributed by atoms with van der Waals surface area (Å²) in [5.41, 5.74) is 3.55. The number of ether oxygens (including phenoxy) is 3. The van der Waals surface area contributed by atoms with E-state index in [1.165, 1.54) is 6.26 Å². The van der Waals surface area contributed by atoms with Crippen molar-refractivity contribution in [1.29, 1.82) is 0 Å². The Morgan fingerprint density at radius 3 is 2.67 bits per heavy atom. The number of hydrogen-bond donors (Lipinski definition) is 0. The van der Waals surface area contributed by atoms with Crippen molar-refractivity contribution in [1.82, 2.24) is 0 Å². The Hall–Kier alpha value is -3.44. The Kier molecular flexibility index (Phi) is 5.97. The largest absolute Gasteiger partial charge is 0.488 e. The summed E-state index contributed by atoms with van der Waals surface area (Å²) in [6.07, 6.45) is 3.21. The second-order valence-corrected chi connectivity index (χ2v) is 8.40. The third kappa shape index (κ3) is 4.41. The minimum atomic E-state index is -0.0910. The number of fused-ring (bicyclic) bond motifs is 2. The van der Waals surface area contributed by atoms with E-state index >= 15 is 0 Å². The fourth-order valence-corrected chi connectivity index (χ4v) is 4.21. The van der Waals surface area contributed by atoms with Crippen LogP contribution in [-0.4, -0.2) is 13.2 Å². The van der Waals surface area contributed by atoms with Crippen LogP contribution < -0.4 is 19.6 Å². The highest BCUT2D eigenvalue weighted by Gasteiger charge is 2.17. The number of aryl methyl sites for hydroxylation is 1. The molecule has 6 heteroatoms. The topological polar surface area (TPSA) is 57.9 Å². The van der Waals surface area contributed by atoms with Crippen LogP contribution in [0.15, 0.2) is 70.1 Å². The fraction of sp³-hybridized carbons (Fsp3) is 0.222. The minimum absolute atomic E-state index is 0.0910. The van der Waals surface area contributed by atoms with Gasteiger partial charge in [0.2, 0.25) is 5.43 Å². The van der Waals surface area contributed by atoms with E-state index in [4.69, 9.17) is 30.2 Å². The number of rotatable bonds is 6. The lowest BCUT2D eigenvalue weighted by Gasteiger charge is -2.18. The molecule has 0 aliphatic carbocycles. The highest BCUT2D eigenvalue weighted by atomic mass is 35.5. The molecule has 5 rings (SSSR count). The summed E-state index contributed by atoms with van der Waals surface area (Å²) < 4.78 is 23.3. The zero-order valence-corrected chi connectivity index (χ0v) is 19.0. The average molecular weight is 463 g/mol. The Bertz CT molecular complexity index is 1380. The molecule has 0 unspecified atom stereocenters. The first kappa shape index (κ1) is 21.4. The van der Waals surface area contributed by atoms with Gasteiger partial charge in [-0.05, 0) is 53.4 Å². The van der Waals surface area contributed by atoms with Crippen molar-refractivity contribution < 1.29 is 18.6 Å². The molecule has 0 amide bonds. The standard InChI is InChI=1S/C27H23ClO5/c1-2-4-19-12-21-25(14-24(19)32-15-17-5-3-6-20(28)11-17)33-16-22(27(21)29)18-7-8-23-26(13-18)31-10-9-30-23/h3,5-8,11-14,16H,2,4,9-10,15H2,1H3. The van der Waals surface area contributed by atoms with Crippen LogP contribution in [0.25, 0.3) is 22.1 Å². The van der Waals surface area contributed by atoms with Crippen molar-refractivity contribution in [2.45, 2.75) is 26.4 Å². The van der Waals surface area contributed by atoms with Crippen LogP contribution in [0.1, 0.15) is 24.5 Å². The molecule has 0 spiro atoms. The fourth-order valence-electron chi connectivity index (χ4n) is 4.00. The molecule has 0 fully saturated rings. The highest BCUT2D eigenvalue weighted by molar-refractivity contribution is 6.30. The zero-order valence-electron chi connectivity index (χ0n) is 18.2. The molecule has 2 heterocycles. The predicted molar refractivity (Wildman–Crippen MR) is 129 cm³/mol. The maximum atomic E-state index is 13.4. The van der Waals surface area contributed by atoms with Gasteiger partial charge in [0, 0.05) is 11.1 Å². The van der Waals surface area contributed by atoms with Crippen LogP contribution >= 0.6 is 11.6 Å². The van der Waals surface area contributed by atoms with Crippen molar-refractivity contribution in [3.05, 3.63) is 87.2 Å². The SMILES string of the molecule is CCCc1cc2c(=O)c(-c3ccc4c(c3)OCCO4)coc2cc1OCc1cccc(Cl)c1. The van der Waals surface area contributed by atoms with Crippen LogP contribution in [-0.2, 0) is 13.0 Å². The maximum Gasteiger partial charge on any atom is 0.200 e. The molecule has 1 aromatic heterocycles. The van der Waals surface area contributed by atoms with Crippen molar-refractivity contribution in [3.8, 4) is 28.4 Å². The molecule has 4 aromatic rings. The summed E-state index contributed by atoms with van der Waals surface area (Å²) in [5.74, 6) is 2.02. The predicted octanol–water partition coefficient (Wildman–Crippen LogP) is 6.42. The van der Waals surface area contributed by atoms with Gasteiger partial charge in [-0.2, -0.15) is 0 Å². The first-order chi connectivity index (χ1) is 16.1. The van der Waals surface area contributed by atoms with Crippen molar-refractivity contribution >= 4 is 22.6 Å². The molecule has 168 valence electrons. The molecule has 1 aliphatic rings. The summed E-state index contributed by atoms with van der Waals surface area (Å²) in [7, 11) is 0. The van der Waals surface area contributed by atoms with E-state index in [1.807, 2.05) is 48.5 Å². The minimum Gasteiger partial charge on any atom is -0.488 e. The molecule has 0 saturated carbocycles. The molecule has 0 saturated heterocycles. The van der Waals surface area contributed by atoms with Crippen LogP contribution in [0.5, 0.6) is 17.2 Å². The second-order valence-electron chi connectivity index (χ2n) is 7.96. The molecule has 0 N–H and O–H groups in total. The first-order valence-corrected chi connectivity index (χ1v) is 11.4. The van der Waals surface area contributed by atoms with Crippen molar-refractivity contribution in [2.75, 3.05) is 13.2 Å². The van der Waals surface area contributed by atoms with Crippen LogP contribution in [0.4, 0.5) is 0 Å². The quantitative estimate of drug-likeness (QED) is 0.331. The second kappa shape index (κ2) is 9.20. The van der Waals surface area contributed by atoms with E-state index in [1.54, 1.807) is 6.07 Å². The number of halogens is 1. The molecule has 5 nitrogen and oxygen atoms in total. The van der Waals surface area contributed by atoms with Crippen molar-refractivity contribution in [2.24, 2.45) is 0 Å². The van der Waals surface area contributed by atoms with Gasteiger partial charge in [-0.25, -0.2) is 0 Å². The highest BCUT2D eigenvalue weighted by Crippen LogP contribution is 2.35. The molecule has 0 atom stereocenters. The van der Waals surface area contributed by atoms with Crippen LogP contribution in [0.2, 0.25) is 5.02 Å². The van der Waals surface area contributed by atoms with Crippen molar-refractivity contribution in [3.63, 3.8) is 0 Å². The summed E-state index contributed by atoms with van der Waals surface area (Å²) in [5, 5.41) is 1.20. The molecular weight excluding hydrogens is 440 g/mol. The van der Waals surface area contributed by atoms with Crippen LogP contribution in [0, 0.1) is 0 Å². The van der Waals surface area contributed by atoms with E-state index in [9.17, 15) is 4.79 Å². The third-order valence-corrected chi connectivity index (χ3v) is 5.85. The smallest absolute Gasteiger partial charge is 0.200 e. The first-order valence-electron chi connectivity index (χ1n) is 11.0. The Balaban J connectivity index is 1.52. The van der Waals surface area contributed by atoms with E-state index in [-0.39, 0.29) is 5.43 Å². The van der Waals surface area contributed by atoms with E-state index in [2.05, 4.69) is 6.92 Å². The van der Waals surface area contributed by atoms with Gasteiger partial charge in [0.25, 0.3) is 0 Å². The molecule has 1 aliphatic heterocycles. The average Bonchev–Trinajstić information content (AvgIpc) is 2.83. The lowest BCUT2D eigenvalue weighted by atomic mass is 10.0. The van der Waals surface area contributed by atoms with E-state index < -0.39 is 0 Å². The molecular formula is C27H23ClO5. The molecule has 0 radical (unpaired) electrons. The lowest BCUT2D eigenvalue weighted by molar-refractivity contribution is 0.171. The summed E-state index contributed by atoms with van der Waals surface area (Å²) >= 11 is 6.09. The number of benzene rings is 3. The maximum absolute atomic E-state index is 13.4. The lowest BCUT2D eigenvalue weighted by Crippen LogP contribution is -2.15. The third-order valence-electron chi connectivity index (χ3n) is 5.61. The van der Waals surface area contributed by atoms with E-state index in [0.29, 0.717) is 58.6 Å². The van der Waals surface area contributed by atoms with Gasteiger partial charge in [0.15, 0.2) is 11.5 Å². The van der Waals surface area contributed by atoms with Gasteiger partial charge in [-0.3, -0.25) is 4.79 Å². The van der Waals surface area contributed by atoms with Gasteiger partial charge >= 0.3 is 0 Å². The Morgan fingerprint density at radius 2 is 1.85 bits per heavy atom. The van der Waals surface area contributed by atoms with Gasteiger partial charge in [0.1, 0.15) is 37.4 Å². The van der Waals surface area contributed by atoms with Gasteiger partial charge in [-0.1, -0.05) is 43.1 Å². The van der Waals surface area contributed by atoms with Gasteiger partial charge in [-0.15, -0.1) is 0 Å². The summed E-state index contributed by atoms with van der Waals surface area (Å²) in [6.45, 7) is 3.48. The summed E-state index contributed by atoms with van der Waals surface area (Å²) in [6, 6.07) is 16.8. The monoisotopic (exact) mass is 462 g/mol. The Labute approximate surface area is 196 Å². The van der Waals surface area contributed by atoms with E-state index in [0.717, 1.165) is 29.5 Å².